The van der Waals surface area contributed by atoms with Gasteiger partial charge < -0.3 is 19.5 Å². The van der Waals surface area contributed by atoms with Gasteiger partial charge in [-0.1, -0.05) is 24.3 Å². The zero-order chi connectivity index (χ0) is 19.9. The second-order valence-electron chi connectivity index (χ2n) is 7.02. The molecule has 0 unspecified atom stereocenters. The van der Waals surface area contributed by atoms with Crippen LogP contribution in [0.5, 0.6) is 5.75 Å². The van der Waals surface area contributed by atoms with Crippen molar-refractivity contribution in [2.45, 2.75) is 19.9 Å². The van der Waals surface area contributed by atoms with Crippen molar-refractivity contribution < 1.29 is 14.7 Å². The molecule has 0 aliphatic carbocycles. The first kappa shape index (κ1) is 18.7. The minimum absolute atomic E-state index is 0.0527. The molecule has 2 heterocycles. The fourth-order valence-electron chi connectivity index (χ4n) is 3.44. The third kappa shape index (κ3) is 3.09. The molecule has 0 radical (unpaired) electrons. The number of carbonyl (C=O) groups excluding carboxylic acids is 2. The Morgan fingerprint density at radius 3 is 2.52 bits per heavy atom. The van der Waals surface area contributed by atoms with Gasteiger partial charge in [-0.2, -0.15) is 0 Å². The Morgan fingerprint density at radius 2 is 1.89 bits per heavy atom. The van der Waals surface area contributed by atoms with Crippen LogP contribution >= 0.6 is 0 Å². The van der Waals surface area contributed by atoms with Gasteiger partial charge in [0.2, 0.25) is 0 Å². The molecule has 2 aromatic rings. The standard InChI is InChI=1S/C20H23N3O4/c1-12-7-5-6-8-13(12)11-23-10-9-14-15(18(23)25)17(24)20(27)22(4)16(14)19(26)21(2)3/h5-8,24H,9-11H2,1-4H3. The molecule has 142 valence electrons. The summed E-state index contributed by atoms with van der Waals surface area (Å²) in [7, 11) is 4.60. The second kappa shape index (κ2) is 6.90. The van der Waals surface area contributed by atoms with Crippen LogP contribution in [0.25, 0.3) is 0 Å². The lowest BCUT2D eigenvalue weighted by molar-refractivity contribution is 0.0720. The van der Waals surface area contributed by atoms with Gasteiger partial charge in [-0.15, -0.1) is 0 Å². The molecule has 1 aliphatic rings. The van der Waals surface area contributed by atoms with Crippen LogP contribution in [0.1, 0.15) is 37.5 Å². The highest BCUT2D eigenvalue weighted by atomic mass is 16.3. The SMILES string of the molecule is Cc1ccccc1CN1CCc2c(c(O)c(=O)n(C)c2C(=O)N(C)C)C1=O. The Balaban J connectivity index is 2.09. The number of aryl methyl sites for hydroxylation is 1. The van der Waals surface area contributed by atoms with Crippen molar-refractivity contribution >= 4 is 11.8 Å². The number of fused-ring (bicyclic) bond motifs is 1. The van der Waals surface area contributed by atoms with E-state index in [1.165, 1.54) is 11.9 Å². The van der Waals surface area contributed by atoms with Gasteiger partial charge >= 0.3 is 0 Å². The van der Waals surface area contributed by atoms with E-state index in [2.05, 4.69) is 0 Å². The molecule has 7 heteroatoms. The zero-order valence-electron chi connectivity index (χ0n) is 15.9. The summed E-state index contributed by atoms with van der Waals surface area (Å²) >= 11 is 0. The summed E-state index contributed by atoms with van der Waals surface area (Å²) in [6, 6.07) is 7.76. The maximum Gasteiger partial charge on any atom is 0.293 e. The van der Waals surface area contributed by atoms with E-state index < -0.39 is 17.2 Å². The van der Waals surface area contributed by atoms with E-state index in [-0.39, 0.29) is 17.2 Å². The van der Waals surface area contributed by atoms with Crippen LogP contribution in [-0.4, -0.2) is 51.9 Å². The van der Waals surface area contributed by atoms with Gasteiger partial charge in [0.15, 0.2) is 5.75 Å². The summed E-state index contributed by atoms with van der Waals surface area (Å²) in [5, 5.41) is 10.4. The Morgan fingerprint density at radius 1 is 1.22 bits per heavy atom. The number of nitrogens with zero attached hydrogens (tertiary/aromatic N) is 3. The molecule has 0 spiro atoms. The van der Waals surface area contributed by atoms with E-state index >= 15 is 0 Å². The molecule has 0 bridgehead atoms. The number of hydrogen-bond donors (Lipinski definition) is 1. The van der Waals surface area contributed by atoms with Crippen LogP contribution in [0.4, 0.5) is 0 Å². The molecule has 1 N–H and O–H groups in total. The third-order valence-electron chi connectivity index (χ3n) is 5.03. The lowest BCUT2D eigenvalue weighted by Gasteiger charge is -2.31. The Hall–Kier alpha value is -3.09. The number of pyridine rings is 1. The van der Waals surface area contributed by atoms with E-state index in [0.717, 1.165) is 15.7 Å². The van der Waals surface area contributed by atoms with Crippen molar-refractivity contribution in [2.24, 2.45) is 7.05 Å². The van der Waals surface area contributed by atoms with Crippen LogP contribution in [0, 0.1) is 6.92 Å². The van der Waals surface area contributed by atoms with E-state index in [0.29, 0.717) is 25.1 Å². The van der Waals surface area contributed by atoms with Gasteiger partial charge in [-0.25, -0.2) is 0 Å². The van der Waals surface area contributed by atoms with Gasteiger partial charge in [0.25, 0.3) is 17.4 Å². The van der Waals surface area contributed by atoms with E-state index in [1.54, 1.807) is 19.0 Å². The van der Waals surface area contributed by atoms with E-state index in [1.807, 2.05) is 31.2 Å². The topological polar surface area (TPSA) is 82.8 Å². The van der Waals surface area contributed by atoms with Gasteiger partial charge in [0.05, 0.1) is 5.56 Å². The first-order valence-corrected chi connectivity index (χ1v) is 8.74. The predicted octanol–water partition coefficient (Wildman–Crippen LogP) is 1.30. The predicted molar refractivity (Wildman–Crippen MR) is 101 cm³/mol. The summed E-state index contributed by atoms with van der Waals surface area (Å²) in [5.41, 5.74) is 1.85. The lowest BCUT2D eigenvalue weighted by Crippen LogP contribution is -2.42. The van der Waals surface area contributed by atoms with Crippen molar-refractivity contribution in [3.8, 4) is 5.75 Å². The van der Waals surface area contributed by atoms with Crippen LogP contribution in [0.15, 0.2) is 29.1 Å². The number of aromatic nitrogens is 1. The normalized spacial score (nSPS) is 13.5. The Labute approximate surface area is 157 Å². The highest BCUT2D eigenvalue weighted by Gasteiger charge is 2.34. The minimum Gasteiger partial charge on any atom is -0.502 e. The first-order valence-electron chi connectivity index (χ1n) is 8.74. The summed E-state index contributed by atoms with van der Waals surface area (Å²) in [6.45, 7) is 2.76. The molecular formula is C20H23N3O4. The number of rotatable bonds is 3. The maximum atomic E-state index is 13.1. The average molecular weight is 369 g/mol. The molecule has 1 aliphatic heterocycles. The summed E-state index contributed by atoms with van der Waals surface area (Å²) in [6.07, 6.45) is 0.392. The number of benzene rings is 1. The number of aromatic hydroxyl groups is 1. The summed E-state index contributed by atoms with van der Waals surface area (Å²) in [5.74, 6) is -1.39. The molecule has 0 fully saturated rings. The van der Waals surface area contributed by atoms with Crippen molar-refractivity contribution in [3.63, 3.8) is 0 Å². The van der Waals surface area contributed by atoms with Crippen molar-refractivity contribution in [2.75, 3.05) is 20.6 Å². The minimum atomic E-state index is -0.745. The van der Waals surface area contributed by atoms with Crippen LogP contribution in [-0.2, 0) is 20.0 Å². The largest absolute Gasteiger partial charge is 0.502 e. The van der Waals surface area contributed by atoms with Crippen LogP contribution in [0.3, 0.4) is 0 Å². The van der Waals surface area contributed by atoms with E-state index in [9.17, 15) is 19.5 Å². The van der Waals surface area contributed by atoms with Crippen LogP contribution < -0.4 is 5.56 Å². The fraction of sp³-hybridized carbons (Fsp3) is 0.350. The number of hydrogen-bond acceptors (Lipinski definition) is 4. The first-order chi connectivity index (χ1) is 12.7. The monoisotopic (exact) mass is 369 g/mol. The smallest absolute Gasteiger partial charge is 0.293 e. The molecule has 27 heavy (non-hydrogen) atoms. The van der Waals surface area contributed by atoms with Crippen molar-refractivity contribution in [1.82, 2.24) is 14.4 Å². The molecule has 0 saturated carbocycles. The third-order valence-corrected chi connectivity index (χ3v) is 5.03. The van der Waals surface area contributed by atoms with Crippen LogP contribution in [0.2, 0.25) is 0 Å². The van der Waals surface area contributed by atoms with E-state index in [4.69, 9.17) is 0 Å². The van der Waals surface area contributed by atoms with Gasteiger partial charge in [0, 0.05) is 39.8 Å². The molecule has 1 aromatic heterocycles. The molecule has 0 atom stereocenters. The number of amides is 2. The summed E-state index contributed by atoms with van der Waals surface area (Å²) in [4.78, 5) is 41.0. The van der Waals surface area contributed by atoms with Gasteiger partial charge in [-0.3, -0.25) is 14.4 Å². The average Bonchev–Trinajstić information content (AvgIpc) is 2.63. The molecule has 1 aromatic carbocycles. The lowest BCUT2D eigenvalue weighted by atomic mass is 9.95. The molecule has 0 saturated heterocycles. The Bertz CT molecular complexity index is 991. The highest BCUT2D eigenvalue weighted by molar-refractivity contribution is 6.03. The quantitative estimate of drug-likeness (QED) is 0.884. The second-order valence-corrected chi connectivity index (χ2v) is 7.02. The highest BCUT2D eigenvalue weighted by Crippen LogP contribution is 2.29. The number of carbonyl (C=O) groups is 2. The van der Waals surface area contributed by atoms with Crippen molar-refractivity contribution in [1.29, 1.82) is 0 Å². The zero-order valence-corrected chi connectivity index (χ0v) is 15.9. The molecule has 7 nitrogen and oxygen atoms in total. The van der Waals surface area contributed by atoms with Gasteiger partial charge in [-0.05, 0) is 24.5 Å². The fourth-order valence-corrected chi connectivity index (χ4v) is 3.44. The molecule has 3 rings (SSSR count). The molecular weight excluding hydrogens is 346 g/mol. The maximum absolute atomic E-state index is 13.1. The summed E-state index contributed by atoms with van der Waals surface area (Å²) < 4.78 is 1.13. The Kier molecular flexibility index (Phi) is 4.78. The van der Waals surface area contributed by atoms with Gasteiger partial charge in [0.1, 0.15) is 5.69 Å². The van der Waals surface area contributed by atoms with Crippen molar-refractivity contribution in [3.05, 3.63) is 62.6 Å². The molecule has 2 amide bonds.